The van der Waals surface area contributed by atoms with Crippen LogP contribution in [0, 0.1) is 18.3 Å². The summed E-state index contributed by atoms with van der Waals surface area (Å²) in [5.74, 6) is -0.763. The van der Waals surface area contributed by atoms with Crippen molar-refractivity contribution < 1.29 is 9.59 Å². The first-order valence-electron chi connectivity index (χ1n) is 10.2. The lowest BCUT2D eigenvalue weighted by atomic mass is 9.67. The van der Waals surface area contributed by atoms with Crippen molar-refractivity contribution in [3.8, 4) is 0 Å². The third-order valence-electron chi connectivity index (χ3n) is 5.75. The molecule has 0 aromatic carbocycles. The number of nitrogens with zero attached hydrogens (tertiary/aromatic N) is 3. The third kappa shape index (κ3) is 3.82. The monoisotopic (exact) mass is 402 g/mol. The average Bonchev–Trinajstić information content (AvgIpc) is 2.68. The van der Waals surface area contributed by atoms with Crippen LogP contribution in [0.4, 0.5) is 5.82 Å². The van der Waals surface area contributed by atoms with Crippen LogP contribution >= 0.6 is 0 Å². The Morgan fingerprint density at radius 3 is 2.57 bits per heavy atom. The number of aromatic nitrogens is 2. The van der Waals surface area contributed by atoms with E-state index in [0.717, 1.165) is 11.3 Å². The number of aliphatic imine (C=N–C) groups is 1. The lowest BCUT2D eigenvalue weighted by molar-refractivity contribution is -0.119. The zero-order chi connectivity index (χ0) is 21.5. The zero-order valence-electron chi connectivity index (χ0n) is 17.8. The SMILES string of the molecule is CC1=NC2=C(C(=O)CC(C)(C)C2)[C@H](c2ccccn2)C1C(=O)Nc1ccc(C)cn1. The van der Waals surface area contributed by atoms with E-state index in [0.29, 0.717) is 35.6 Å². The molecule has 2 aromatic rings. The minimum atomic E-state index is -0.619. The predicted octanol–water partition coefficient (Wildman–Crippen LogP) is 4.24. The van der Waals surface area contributed by atoms with Crippen molar-refractivity contribution in [1.82, 2.24) is 9.97 Å². The van der Waals surface area contributed by atoms with Crippen LogP contribution in [-0.2, 0) is 9.59 Å². The highest BCUT2D eigenvalue weighted by molar-refractivity contribution is 6.13. The molecule has 1 N–H and O–H groups in total. The minimum absolute atomic E-state index is 0.0550. The number of amides is 1. The molecule has 6 heteroatoms. The van der Waals surface area contributed by atoms with Crippen molar-refractivity contribution in [3.05, 3.63) is 65.3 Å². The lowest BCUT2D eigenvalue weighted by Crippen LogP contribution is -2.41. The number of Topliss-reactive ketones (excluding diaryl/α,β-unsaturated/α-hetero) is 1. The Balaban J connectivity index is 1.77. The molecular formula is C24H26N4O2. The van der Waals surface area contributed by atoms with Gasteiger partial charge in [-0.05, 0) is 49.4 Å². The summed E-state index contributed by atoms with van der Waals surface area (Å²) in [6.45, 7) is 7.96. The fourth-order valence-corrected chi connectivity index (χ4v) is 4.41. The summed E-state index contributed by atoms with van der Waals surface area (Å²) in [5.41, 5.74) is 3.70. The molecule has 2 aliphatic rings. The van der Waals surface area contributed by atoms with Crippen LogP contribution in [0.15, 0.2) is 59.0 Å². The maximum absolute atomic E-state index is 13.4. The summed E-state index contributed by atoms with van der Waals surface area (Å²) >= 11 is 0. The van der Waals surface area contributed by atoms with E-state index < -0.39 is 11.8 Å². The topological polar surface area (TPSA) is 84.3 Å². The van der Waals surface area contributed by atoms with Crippen LogP contribution in [0.25, 0.3) is 0 Å². The van der Waals surface area contributed by atoms with Gasteiger partial charge < -0.3 is 5.32 Å². The highest BCUT2D eigenvalue weighted by Gasteiger charge is 2.46. The normalized spacial score (nSPS) is 22.9. The van der Waals surface area contributed by atoms with E-state index in [1.807, 2.05) is 38.1 Å². The minimum Gasteiger partial charge on any atom is -0.310 e. The van der Waals surface area contributed by atoms with Crippen LogP contribution < -0.4 is 5.32 Å². The van der Waals surface area contributed by atoms with Gasteiger partial charge in [0.05, 0.1) is 5.92 Å². The summed E-state index contributed by atoms with van der Waals surface area (Å²) in [6, 6.07) is 9.27. The van der Waals surface area contributed by atoms with Gasteiger partial charge in [-0.1, -0.05) is 26.0 Å². The maximum Gasteiger partial charge on any atom is 0.235 e. The van der Waals surface area contributed by atoms with E-state index in [9.17, 15) is 9.59 Å². The second kappa shape index (κ2) is 7.59. The maximum atomic E-state index is 13.4. The van der Waals surface area contributed by atoms with Gasteiger partial charge in [0, 0.05) is 47.4 Å². The summed E-state index contributed by atoms with van der Waals surface area (Å²) in [7, 11) is 0. The molecule has 154 valence electrons. The lowest BCUT2D eigenvalue weighted by Gasteiger charge is -2.38. The van der Waals surface area contributed by atoms with E-state index in [4.69, 9.17) is 4.99 Å². The third-order valence-corrected chi connectivity index (χ3v) is 5.75. The summed E-state index contributed by atoms with van der Waals surface area (Å²) in [4.78, 5) is 40.1. The largest absolute Gasteiger partial charge is 0.310 e. The van der Waals surface area contributed by atoms with Crippen molar-refractivity contribution in [2.75, 3.05) is 5.32 Å². The first kappa shape index (κ1) is 20.1. The number of pyridine rings is 2. The second-order valence-corrected chi connectivity index (χ2v) is 8.97. The van der Waals surface area contributed by atoms with Crippen LogP contribution in [-0.4, -0.2) is 27.4 Å². The Bertz CT molecular complexity index is 1050. The number of hydrogen-bond acceptors (Lipinski definition) is 5. The van der Waals surface area contributed by atoms with Gasteiger partial charge >= 0.3 is 0 Å². The van der Waals surface area contributed by atoms with E-state index in [1.54, 1.807) is 18.5 Å². The molecule has 3 heterocycles. The van der Waals surface area contributed by atoms with E-state index in [1.165, 1.54) is 0 Å². The first-order valence-corrected chi connectivity index (χ1v) is 10.2. The van der Waals surface area contributed by atoms with Crippen molar-refractivity contribution in [3.63, 3.8) is 0 Å². The van der Waals surface area contributed by atoms with Gasteiger partial charge in [0.1, 0.15) is 5.82 Å². The summed E-state index contributed by atoms with van der Waals surface area (Å²) in [6.07, 6.45) is 4.56. The number of ketones is 1. The number of anilines is 1. The first-order chi connectivity index (χ1) is 14.2. The number of allylic oxidation sites excluding steroid dienone is 2. The van der Waals surface area contributed by atoms with Crippen LogP contribution in [0.3, 0.4) is 0 Å². The Hall–Kier alpha value is -3.15. The van der Waals surface area contributed by atoms with E-state index in [2.05, 4.69) is 29.1 Å². The summed E-state index contributed by atoms with van der Waals surface area (Å²) in [5, 5.41) is 2.90. The number of rotatable bonds is 3. The van der Waals surface area contributed by atoms with Crippen molar-refractivity contribution in [1.29, 1.82) is 0 Å². The molecule has 0 fully saturated rings. The summed E-state index contributed by atoms with van der Waals surface area (Å²) < 4.78 is 0. The highest BCUT2D eigenvalue weighted by atomic mass is 16.2. The van der Waals surface area contributed by atoms with Crippen molar-refractivity contribution in [2.45, 2.75) is 46.5 Å². The molecular weight excluding hydrogens is 376 g/mol. The van der Waals surface area contributed by atoms with Crippen LogP contribution in [0.5, 0.6) is 0 Å². The molecule has 30 heavy (non-hydrogen) atoms. The molecule has 0 bridgehead atoms. The molecule has 0 spiro atoms. The van der Waals surface area contributed by atoms with Gasteiger partial charge in [-0.15, -0.1) is 0 Å². The van der Waals surface area contributed by atoms with Gasteiger partial charge in [0.15, 0.2) is 5.78 Å². The predicted molar refractivity (Wildman–Crippen MR) is 116 cm³/mol. The highest BCUT2D eigenvalue weighted by Crippen LogP contribution is 2.47. The molecule has 6 nitrogen and oxygen atoms in total. The van der Waals surface area contributed by atoms with Crippen LogP contribution in [0.1, 0.15) is 50.8 Å². The Morgan fingerprint density at radius 1 is 1.10 bits per heavy atom. The van der Waals surface area contributed by atoms with E-state index in [-0.39, 0.29) is 17.1 Å². The van der Waals surface area contributed by atoms with Crippen LogP contribution in [0.2, 0.25) is 0 Å². The molecule has 0 saturated heterocycles. The van der Waals surface area contributed by atoms with Gasteiger partial charge in [0.25, 0.3) is 0 Å². The van der Waals surface area contributed by atoms with Gasteiger partial charge in [-0.3, -0.25) is 19.6 Å². The van der Waals surface area contributed by atoms with Crippen molar-refractivity contribution >= 4 is 23.2 Å². The number of carbonyl (C=O) groups excluding carboxylic acids is 2. The smallest absolute Gasteiger partial charge is 0.235 e. The standard InChI is InChI=1S/C24H26N4O2/c1-14-8-9-19(26-13-14)28-23(30)20-15(2)27-17-11-24(3,4)12-18(29)21(17)22(20)16-7-5-6-10-25-16/h5-10,13,20,22H,11-12H2,1-4H3,(H,26,28,30)/t20?,22-/m1/s1. The fourth-order valence-electron chi connectivity index (χ4n) is 4.41. The molecule has 1 unspecified atom stereocenters. The number of carbonyl (C=O) groups is 2. The quantitative estimate of drug-likeness (QED) is 0.832. The number of aryl methyl sites for hydroxylation is 1. The molecule has 0 saturated carbocycles. The number of hydrogen-bond donors (Lipinski definition) is 1. The van der Waals surface area contributed by atoms with Gasteiger partial charge in [-0.25, -0.2) is 4.98 Å². The fraction of sp³-hybridized carbons (Fsp3) is 0.375. The van der Waals surface area contributed by atoms with E-state index >= 15 is 0 Å². The molecule has 1 amide bonds. The molecule has 2 atom stereocenters. The Kier molecular flexibility index (Phi) is 5.10. The second-order valence-electron chi connectivity index (χ2n) is 8.97. The molecule has 0 radical (unpaired) electrons. The van der Waals surface area contributed by atoms with Crippen molar-refractivity contribution in [2.24, 2.45) is 16.3 Å². The Labute approximate surface area is 176 Å². The van der Waals surface area contributed by atoms with Gasteiger partial charge in [-0.2, -0.15) is 0 Å². The molecule has 1 aliphatic carbocycles. The zero-order valence-corrected chi connectivity index (χ0v) is 17.8. The number of nitrogens with one attached hydrogen (secondary N) is 1. The Morgan fingerprint density at radius 2 is 1.90 bits per heavy atom. The molecule has 2 aromatic heterocycles. The molecule has 1 aliphatic heterocycles. The van der Waals surface area contributed by atoms with Gasteiger partial charge in [0.2, 0.25) is 5.91 Å². The molecule has 4 rings (SSSR count). The average molecular weight is 402 g/mol.